The van der Waals surface area contributed by atoms with E-state index in [1.165, 1.54) is 0 Å². The van der Waals surface area contributed by atoms with Gasteiger partial charge in [-0.3, -0.25) is 4.79 Å². The van der Waals surface area contributed by atoms with Crippen molar-refractivity contribution < 1.29 is 4.79 Å². The first-order valence-electron chi connectivity index (χ1n) is 3.85. The molecule has 62 valence electrons. The molecular weight excluding hydrogens is 152 g/mol. The summed E-state index contributed by atoms with van der Waals surface area (Å²) in [7, 11) is 0. The SMILES string of the molecule is Cc1cc(N)cc2c1CC(=O)N2. The first-order valence-corrected chi connectivity index (χ1v) is 3.85. The predicted molar refractivity (Wildman–Crippen MR) is 47.9 cm³/mol. The number of nitrogen functional groups attached to an aromatic ring is 1. The standard InChI is InChI=1S/C9H10N2O/c1-5-2-6(10)3-8-7(5)4-9(12)11-8/h2-3H,4,10H2,1H3,(H,11,12). The van der Waals surface area contributed by atoms with Crippen LogP contribution in [0.2, 0.25) is 0 Å². The molecule has 3 heteroatoms. The first-order chi connectivity index (χ1) is 5.66. The number of anilines is 2. The molecule has 1 aromatic carbocycles. The van der Waals surface area contributed by atoms with E-state index in [1.54, 1.807) is 6.07 Å². The third kappa shape index (κ3) is 0.942. The molecule has 1 aliphatic heterocycles. The lowest BCUT2D eigenvalue weighted by molar-refractivity contribution is -0.115. The molecule has 0 bridgehead atoms. The summed E-state index contributed by atoms with van der Waals surface area (Å²) in [6, 6.07) is 3.69. The summed E-state index contributed by atoms with van der Waals surface area (Å²) in [5.74, 6) is 0.0544. The van der Waals surface area contributed by atoms with Crippen molar-refractivity contribution in [2.75, 3.05) is 11.1 Å². The molecule has 1 aliphatic rings. The van der Waals surface area contributed by atoms with Gasteiger partial charge in [0.1, 0.15) is 0 Å². The van der Waals surface area contributed by atoms with Gasteiger partial charge in [0.15, 0.2) is 0 Å². The Hall–Kier alpha value is -1.51. The molecule has 0 radical (unpaired) electrons. The second-order valence-corrected chi connectivity index (χ2v) is 3.09. The maximum absolute atomic E-state index is 11.0. The van der Waals surface area contributed by atoms with E-state index in [0.29, 0.717) is 12.1 Å². The Kier molecular flexibility index (Phi) is 1.33. The van der Waals surface area contributed by atoms with Gasteiger partial charge in [0.25, 0.3) is 0 Å². The fourth-order valence-electron chi connectivity index (χ4n) is 1.55. The molecule has 1 heterocycles. The van der Waals surface area contributed by atoms with Crippen molar-refractivity contribution in [2.24, 2.45) is 0 Å². The highest BCUT2D eigenvalue weighted by Crippen LogP contribution is 2.28. The van der Waals surface area contributed by atoms with Crippen molar-refractivity contribution in [3.63, 3.8) is 0 Å². The van der Waals surface area contributed by atoms with Gasteiger partial charge in [0.2, 0.25) is 5.91 Å². The largest absolute Gasteiger partial charge is 0.399 e. The average Bonchev–Trinajstić information content (AvgIpc) is 2.29. The van der Waals surface area contributed by atoms with Gasteiger partial charge in [0, 0.05) is 11.4 Å². The molecule has 0 unspecified atom stereocenters. The Morgan fingerprint density at radius 3 is 3.00 bits per heavy atom. The van der Waals surface area contributed by atoms with Crippen LogP contribution in [0.25, 0.3) is 0 Å². The molecule has 0 saturated heterocycles. The van der Waals surface area contributed by atoms with E-state index in [-0.39, 0.29) is 5.91 Å². The number of amides is 1. The summed E-state index contributed by atoms with van der Waals surface area (Å²) in [6.07, 6.45) is 0.488. The van der Waals surface area contributed by atoms with Crippen molar-refractivity contribution in [1.29, 1.82) is 0 Å². The molecule has 0 aromatic heterocycles. The summed E-state index contributed by atoms with van der Waals surface area (Å²) in [5.41, 5.74) is 9.37. The van der Waals surface area contributed by atoms with Crippen LogP contribution < -0.4 is 11.1 Å². The molecule has 1 aromatic rings. The van der Waals surface area contributed by atoms with E-state index in [2.05, 4.69) is 5.32 Å². The summed E-state index contributed by atoms with van der Waals surface area (Å²) in [4.78, 5) is 11.0. The summed E-state index contributed by atoms with van der Waals surface area (Å²) < 4.78 is 0. The van der Waals surface area contributed by atoms with Gasteiger partial charge in [0.05, 0.1) is 6.42 Å². The molecular formula is C9H10N2O. The van der Waals surface area contributed by atoms with Gasteiger partial charge in [-0.15, -0.1) is 0 Å². The Bertz CT molecular complexity index is 358. The number of aryl methyl sites for hydroxylation is 1. The number of nitrogens with two attached hydrogens (primary N) is 1. The number of carbonyl (C=O) groups is 1. The number of hydrogen-bond donors (Lipinski definition) is 2. The maximum Gasteiger partial charge on any atom is 0.228 e. The fraction of sp³-hybridized carbons (Fsp3) is 0.222. The topological polar surface area (TPSA) is 55.1 Å². The zero-order valence-electron chi connectivity index (χ0n) is 6.85. The lowest BCUT2D eigenvalue weighted by Gasteiger charge is -2.03. The van der Waals surface area contributed by atoms with Crippen LogP contribution in [-0.4, -0.2) is 5.91 Å². The van der Waals surface area contributed by atoms with Crippen LogP contribution in [-0.2, 0) is 11.2 Å². The van der Waals surface area contributed by atoms with Crippen LogP contribution in [0.4, 0.5) is 11.4 Å². The molecule has 0 saturated carbocycles. The summed E-state index contributed by atoms with van der Waals surface area (Å²) >= 11 is 0. The van der Waals surface area contributed by atoms with Crippen LogP contribution in [0.3, 0.4) is 0 Å². The van der Waals surface area contributed by atoms with Crippen molar-refractivity contribution in [3.05, 3.63) is 23.3 Å². The molecule has 0 spiro atoms. The predicted octanol–water partition coefficient (Wildman–Crippen LogP) is 1.07. The minimum atomic E-state index is 0.0544. The third-order valence-electron chi connectivity index (χ3n) is 2.11. The number of carbonyl (C=O) groups excluding carboxylic acids is 1. The van der Waals surface area contributed by atoms with Gasteiger partial charge in [-0.1, -0.05) is 0 Å². The Balaban J connectivity index is 2.59. The monoisotopic (exact) mass is 162 g/mol. The van der Waals surface area contributed by atoms with Crippen LogP contribution in [0.1, 0.15) is 11.1 Å². The number of rotatable bonds is 0. The van der Waals surface area contributed by atoms with Gasteiger partial charge in [-0.05, 0) is 30.2 Å². The van der Waals surface area contributed by atoms with Crippen molar-refractivity contribution in [2.45, 2.75) is 13.3 Å². The first kappa shape index (κ1) is 7.16. The quantitative estimate of drug-likeness (QED) is 0.561. The molecule has 1 amide bonds. The van der Waals surface area contributed by atoms with Crippen LogP contribution in [0.15, 0.2) is 12.1 Å². The fourth-order valence-corrected chi connectivity index (χ4v) is 1.55. The lowest BCUT2D eigenvalue weighted by atomic mass is 10.1. The number of fused-ring (bicyclic) bond motifs is 1. The number of hydrogen-bond acceptors (Lipinski definition) is 2. The average molecular weight is 162 g/mol. The van der Waals surface area contributed by atoms with E-state index in [4.69, 9.17) is 5.73 Å². The molecule has 0 fully saturated rings. The summed E-state index contributed by atoms with van der Waals surface area (Å²) in [5, 5.41) is 2.76. The molecule has 0 atom stereocenters. The van der Waals surface area contributed by atoms with Crippen LogP contribution in [0, 0.1) is 6.92 Å². The third-order valence-corrected chi connectivity index (χ3v) is 2.11. The minimum Gasteiger partial charge on any atom is -0.399 e. The molecule has 12 heavy (non-hydrogen) atoms. The normalized spacial score (nSPS) is 14.2. The molecule has 3 nitrogen and oxygen atoms in total. The zero-order chi connectivity index (χ0) is 8.72. The van der Waals surface area contributed by atoms with Gasteiger partial charge < -0.3 is 11.1 Å². The second kappa shape index (κ2) is 2.24. The molecule has 0 aliphatic carbocycles. The summed E-state index contributed by atoms with van der Waals surface area (Å²) in [6.45, 7) is 1.97. The Morgan fingerprint density at radius 2 is 2.25 bits per heavy atom. The second-order valence-electron chi connectivity index (χ2n) is 3.09. The highest BCUT2D eigenvalue weighted by atomic mass is 16.1. The van der Waals surface area contributed by atoms with Crippen molar-refractivity contribution in [3.8, 4) is 0 Å². The Morgan fingerprint density at radius 1 is 1.50 bits per heavy atom. The number of nitrogens with one attached hydrogen (secondary N) is 1. The van der Waals surface area contributed by atoms with Crippen molar-refractivity contribution in [1.82, 2.24) is 0 Å². The van der Waals surface area contributed by atoms with E-state index < -0.39 is 0 Å². The molecule has 3 N–H and O–H groups in total. The lowest BCUT2D eigenvalue weighted by Crippen LogP contribution is -2.03. The highest BCUT2D eigenvalue weighted by Gasteiger charge is 2.19. The van der Waals surface area contributed by atoms with Crippen LogP contribution in [0.5, 0.6) is 0 Å². The van der Waals surface area contributed by atoms with Gasteiger partial charge in [-0.2, -0.15) is 0 Å². The Labute approximate surface area is 70.6 Å². The van der Waals surface area contributed by atoms with E-state index in [9.17, 15) is 4.79 Å². The number of benzene rings is 1. The maximum atomic E-state index is 11.0. The highest BCUT2D eigenvalue weighted by molar-refractivity contribution is 6.00. The van der Waals surface area contributed by atoms with Gasteiger partial charge >= 0.3 is 0 Å². The zero-order valence-corrected chi connectivity index (χ0v) is 6.85. The minimum absolute atomic E-state index is 0.0544. The molecule has 2 rings (SSSR count). The van der Waals surface area contributed by atoms with Crippen LogP contribution >= 0.6 is 0 Å². The van der Waals surface area contributed by atoms with Crippen molar-refractivity contribution >= 4 is 17.3 Å². The smallest absolute Gasteiger partial charge is 0.228 e. The van der Waals surface area contributed by atoms with Gasteiger partial charge in [-0.25, -0.2) is 0 Å². The van der Waals surface area contributed by atoms with E-state index in [1.807, 2.05) is 13.0 Å². The van der Waals surface area contributed by atoms with E-state index in [0.717, 1.165) is 16.8 Å². The van der Waals surface area contributed by atoms with E-state index >= 15 is 0 Å².